The minimum Gasteiger partial charge on any atom is -0.508 e. The minimum atomic E-state index is 0.240. The van der Waals surface area contributed by atoms with Crippen molar-refractivity contribution in [3.63, 3.8) is 0 Å². The third kappa shape index (κ3) is 2.29. The smallest absolute Gasteiger partial charge is 0.115 e. The number of phenols is 1. The van der Waals surface area contributed by atoms with E-state index in [1.165, 1.54) is 5.56 Å². The van der Waals surface area contributed by atoms with Gasteiger partial charge in [-0.05, 0) is 35.4 Å². The SMILES string of the molecule is Oc1ccc(C2C=CC(c3ccc4ccccc4n3)=C2)cc1. The van der Waals surface area contributed by atoms with Crippen LogP contribution < -0.4 is 0 Å². The maximum Gasteiger partial charge on any atom is 0.115 e. The number of benzene rings is 2. The second kappa shape index (κ2) is 5.15. The lowest BCUT2D eigenvalue weighted by atomic mass is 10.0. The number of allylic oxidation sites excluding steroid dienone is 4. The molecule has 0 aliphatic heterocycles. The molecule has 106 valence electrons. The van der Waals surface area contributed by atoms with Crippen molar-refractivity contribution in [2.75, 3.05) is 0 Å². The first-order chi connectivity index (χ1) is 10.8. The van der Waals surface area contributed by atoms with Crippen LogP contribution in [0.15, 0.2) is 78.9 Å². The van der Waals surface area contributed by atoms with Gasteiger partial charge in [-0.2, -0.15) is 0 Å². The van der Waals surface area contributed by atoms with Crippen LogP contribution >= 0.6 is 0 Å². The number of aromatic nitrogens is 1. The van der Waals surface area contributed by atoms with Crippen LogP contribution in [0.1, 0.15) is 17.2 Å². The Labute approximate surface area is 129 Å². The standard InChI is InChI=1S/C20H15NO/c22-18-10-7-14(8-11-18)16-5-6-17(13-16)20-12-9-15-3-1-2-4-19(15)21-20/h1-13,16,22H. The summed E-state index contributed by atoms with van der Waals surface area (Å²) in [4.78, 5) is 4.74. The first-order valence-electron chi connectivity index (χ1n) is 7.35. The molecule has 0 amide bonds. The van der Waals surface area contributed by atoms with E-state index in [1.54, 1.807) is 12.1 Å². The number of aromatic hydroxyl groups is 1. The molecule has 2 heteroatoms. The van der Waals surface area contributed by atoms with Crippen LogP contribution in [0.4, 0.5) is 0 Å². The van der Waals surface area contributed by atoms with Crippen molar-refractivity contribution in [3.8, 4) is 5.75 Å². The largest absolute Gasteiger partial charge is 0.508 e. The fourth-order valence-electron chi connectivity index (χ4n) is 2.81. The van der Waals surface area contributed by atoms with Crippen LogP contribution in [0.5, 0.6) is 5.75 Å². The molecule has 0 saturated carbocycles. The number of para-hydroxylation sites is 1. The quantitative estimate of drug-likeness (QED) is 0.741. The highest BCUT2D eigenvalue weighted by Gasteiger charge is 2.14. The number of hydrogen-bond donors (Lipinski definition) is 1. The van der Waals surface area contributed by atoms with Gasteiger partial charge in [0.25, 0.3) is 0 Å². The highest BCUT2D eigenvalue weighted by molar-refractivity contribution is 5.83. The van der Waals surface area contributed by atoms with E-state index in [0.717, 1.165) is 22.2 Å². The predicted molar refractivity (Wildman–Crippen MR) is 89.7 cm³/mol. The summed E-state index contributed by atoms with van der Waals surface area (Å²) in [5, 5.41) is 10.5. The Balaban J connectivity index is 1.69. The molecule has 1 N–H and O–H groups in total. The highest BCUT2D eigenvalue weighted by atomic mass is 16.3. The van der Waals surface area contributed by atoms with Crippen molar-refractivity contribution >= 4 is 16.5 Å². The lowest BCUT2D eigenvalue weighted by molar-refractivity contribution is 0.475. The normalized spacial score (nSPS) is 16.9. The van der Waals surface area contributed by atoms with Gasteiger partial charge in [-0.1, -0.05) is 54.6 Å². The molecule has 22 heavy (non-hydrogen) atoms. The zero-order chi connectivity index (χ0) is 14.9. The number of hydrogen-bond acceptors (Lipinski definition) is 2. The maximum absolute atomic E-state index is 9.39. The van der Waals surface area contributed by atoms with E-state index in [9.17, 15) is 5.11 Å². The molecule has 3 aromatic rings. The Hall–Kier alpha value is -2.87. The van der Waals surface area contributed by atoms with Crippen molar-refractivity contribution in [1.29, 1.82) is 0 Å². The fourth-order valence-corrected chi connectivity index (χ4v) is 2.81. The van der Waals surface area contributed by atoms with E-state index in [2.05, 4.69) is 36.4 Å². The zero-order valence-corrected chi connectivity index (χ0v) is 12.0. The summed E-state index contributed by atoms with van der Waals surface area (Å²) in [5.41, 5.74) is 4.33. The van der Waals surface area contributed by atoms with Crippen LogP contribution in [0.25, 0.3) is 16.5 Å². The molecule has 1 atom stereocenters. The Bertz CT molecular complexity index is 891. The van der Waals surface area contributed by atoms with Crippen LogP contribution in [0.3, 0.4) is 0 Å². The van der Waals surface area contributed by atoms with E-state index in [-0.39, 0.29) is 5.92 Å². The van der Waals surface area contributed by atoms with Gasteiger partial charge in [-0.3, -0.25) is 0 Å². The predicted octanol–water partition coefficient (Wildman–Crippen LogP) is 4.68. The topological polar surface area (TPSA) is 33.1 Å². The Kier molecular flexibility index (Phi) is 3.01. The summed E-state index contributed by atoms with van der Waals surface area (Å²) in [5.74, 6) is 0.537. The Morgan fingerprint density at radius 3 is 2.55 bits per heavy atom. The number of pyridine rings is 1. The van der Waals surface area contributed by atoms with Crippen molar-refractivity contribution < 1.29 is 5.11 Å². The van der Waals surface area contributed by atoms with Gasteiger partial charge in [0.15, 0.2) is 0 Å². The van der Waals surface area contributed by atoms with E-state index in [4.69, 9.17) is 4.98 Å². The lowest BCUT2D eigenvalue weighted by Crippen LogP contribution is -1.89. The van der Waals surface area contributed by atoms with Gasteiger partial charge in [0, 0.05) is 11.3 Å². The van der Waals surface area contributed by atoms with Gasteiger partial charge in [-0.25, -0.2) is 4.98 Å². The van der Waals surface area contributed by atoms with Crippen LogP contribution in [0, 0.1) is 0 Å². The van der Waals surface area contributed by atoms with E-state index >= 15 is 0 Å². The summed E-state index contributed by atoms with van der Waals surface area (Å²) in [6, 6.07) is 19.7. The molecular weight excluding hydrogens is 270 g/mol. The molecule has 0 bridgehead atoms. The van der Waals surface area contributed by atoms with Crippen LogP contribution in [-0.2, 0) is 0 Å². The molecule has 1 aliphatic carbocycles. The van der Waals surface area contributed by atoms with Gasteiger partial charge in [0.05, 0.1) is 11.2 Å². The molecule has 1 aliphatic rings. The molecule has 1 unspecified atom stereocenters. The Morgan fingerprint density at radius 1 is 0.864 bits per heavy atom. The van der Waals surface area contributed by atoms with E-state index in [1.807, 2.05) is 30.3 Å². The summed E-state index contributed by atoms with van der Waals surface area (Å²) in [6.45, 7) is 0. The van der Waals surface area contributed by atoms with Gasteiger partial charge < -0.3 is 5.11 Å². The van der Waals surface area contributed by atoms with Crippen LogP contribution in [0.2, 0.25) is 0 Å². The van der Waals surface area contributed by atoms with Crippen LogP contribution in [-0.4, -0.2) is 10.1 Å². The second-order valence-electron chi connectivity index (χ2n) is 5.49. The summed E-state index contributed by atoms with van der Waals surface area (Å²) in [7, 11) is 0. The van der Waals surface area contributed by atoms with Gasteiger partial charge in [-0.15, -0.1) is 0 Å². The van der Waals surface area contributed by atoms with Crippen molar-refractivity contribution in [3.05, 3.63) is 90.1 Å². The second-order valence-corrected chi connectivity index (χ2v) is 5.49. The molecule has 0 radical (unpaired) electrons. The molecule has 1 heterocycles. The first kappa shape index (κ1) is 12.8. The van der Waals surface area contributed by atoms with E-state index < -0.39 is 0 Å². The number of rotatable bonds is 2. The van der Waals surface area contributed by atoms with Gasteiger partial charge in [0.2, 0.25) is 0 Å². The lowest BCUT2D eigenvalue weighted by Gasteiger charge is -2.06. The maximum atomic E-state index is 9.39. The zero-order valence-electron chi connectivity index (χ0n) is 12.0. The molecule has 4 rings (SSSR count). The number of nitrogens with zero attached hydrogens (tertiary/aromatic N) is 1. The fraction of sp³-hybridized carbons (Fsp3) is 0.0500. The molecule has 2 nitrogen and oxygen atoms in total. The molecule has 2 aromatic carbocycles. The number of fused-ring (bicyclic) bond motifs is 1. The highest BCUT2D eigenvalue weighted by Crippen LogP contribution is 2.32. The summed E-state index contributed by atoms with van der Waals surface area (Å²) in [6.07, 6.45) is 6.50. The third-order valence-corrected chi connectivity index (χ3v) is 4.01. The first-order valence-corrected chi connectivity index (χ1v) is 7.35. The average Bonchev–Trinajstić information content (AvgIpc) is 3.05. The minimum absolute atomic E-state index is 0.240. The van der Waals surface area contributed by atoms with Crippen molar-refractivity contribution in [2.24, 2.45) is 0 Å². The molecule has 0 spiro atoms. The molecule has 1 aromatic heterocycles. The summed E-state index contributed by atoms with van der Waals surface area (Å²) < 4.78 is 0. The Morgan fingerprint density at radius 2 is 1.68 bits per heavy atom. The summed E-state index contributed by atoms with van der Waals surface area (Å²) >= 11 is 0. The molecule has 0 saturated heterocycles. The van der Waals surface area contributed by atoms with Gasteiger partial charge >= 0.3 is 0 Å². The van der Waals surface area contributed by atoms with Crippen molar-refractivity contribution in [1.82, 2.24) is 4.98 Å². The molecule has 0 fully saturated rings. The average molecular weight is 285 g/mol. The third-order valence-electron chi connectivity index (χ3n) is 4.01. The number of phenolic OH excluding ortho intramolecular Hbond substituents is 1. The monoisotopic (exact) mass is 285 g/mol. The van der Waals surface area contributed by atoms with Crippen molar-refractivity contribution in [2.45, 2.75) is 5.92 Å². The van der Waals surface area contributed by atoms with Gasteiger partial charge in [0.1, 0.15) is 5.75 Å². The van der Waals surface area contributed by atoms with E-state index in [0.29, 0.717) is 5.75 Å². The molecular formula is C20H15NO.